The molecule has 190 valence electrons. The molecule has 1 aromatic carbocycles. The molecule has 0 saturated carbocycles. The van der Waals surface area contributed by atoms with E-state index in [1.54, 1.807) is 17.3 Å². The van der Waals surface area contributed by atoms with Crippen LogP contribution in [0.2, 0.25) is 10.0 Å². The molecule has 2 aliphatic heterocycles. The lowest BCUT2D eigenvalue weighted by Crippen LogP contribution is -2.73. The second-order valence-electron chi connectivity index (χ2n) is 9.64. The number of anilines is 1. The van der Waals surface area contributed by atoms with Crippen LogP contribution in [0.1, 0.15) is 18.6 Å². The molecule has 11 heteroatoms. The molecule has 0 bridgehead atoms. The fourth-order valence-corrected chi connectivity index (χ4v) is 5.89. The molecule has 1 N–H and O–H groups in total. The smallest absolute Gasteiger partial charge is 0.409 e. The quantitative estimate of drug-likeness (QED) is 0.365. The van der Waals surface area contributed by atoms with Crippen molar-refractivity contribution in [2.24, 2.45) is 5.41 Å². The number of pyridine rings is 2. The fraction of sp³-hybridized carbons (Fsp3) is 0.308. The number of nitrogens with zero attached hydrogens (tertiary/aromatic N) is 5. The van der Waals surface area contributed by atoms with Gasteiger partial charge in [-0.2, -0.15) is 5.10 Å². The van der Waals surface area contributed by atoms with Crippen molar-refractivity contribution in [1.82, 2.24) is 25.1 Å². The van der Waals surface area contributed by atoms with E-state index in [2.05, 4.69) is 25.1 Å². The predicted octanol–water partition coefficient (Wildman–Crippen LogP) is 5.36. The van der Waals surface area contributed by atoms with E-state index in [-0.39, 0.29) is 17.6 Å². The van der Waals surface area contributed by atoms with Gasteiger partial charge >= 0.3 is 6.09 Å². The van der Waals surface area contributed by atoms with E-state index in [1.807, 2.05) is 43.5 Å². The van der Waals surface area contributed by atoms with E-state index in [9.17, 15) is 4.79 Å². The lowest BCUT2D eigenvalue weighted by Gasteiger charge is -2.59. The number of carbonyl (C=O) groups is 1. The first-order valence-corrected chi connectivity index (χ1v) is 12.6. The largest absolute Gasteiger partial charge is 0.486 e. The van der Waals surface area contributed by atoms with Crippen LogP contribution in [0.4, 0.5) is 10.6 Å². The van der Waals surface area contributed by atoms with Crippen LogP contribution < -0.4 is 9.64 Å². The van der Waals surface area contributed by atoms with Gasteiger partial charge in [0.25, 0.3) is 0 Å². The number of rotatable bonds is 5. The standard InChI is InChI=1S/C26H24Cl2N6O3/c1-15(23-19(27)9-29-10-20(23)28)37-17-4-5-21-18(7-17)24(32-31-21)16-3-6-22(30-8-16)33-11-26(12-33)13-34(14-26)25(35)36-2/h3-10,15H,11-14H2,1-2H3,(H,31,32). The highest BCUT2D eigenvalue weighted by molar-refractivity contribution is 6.35. The Bertz CT molecular complexity index is 1460. The van der Waals surface area contributed by atoms with Crippen molar-refractivity contribution >= 4 is 46.0 Å². The first kappa shape index (κ1) is 23.8. The number of hydrogen-bond donors (Lipinski definition) is 1. The van der Waals surface area contributed by atoms with Gasteiger partial charge in [-0.05, 0) is 37.3 Å². The van der Waals surface area contributed by atoms with Crippen molar-refractivity contribution in [1.29, 1.82) is 0 Å². The number of hydrogen-bond acceptors (Lipinski definition) is 7. The third-order valence-electron chi connectivity index (χ3n) is 7.03. The second kappa shape index (κ2) is 9.08. The molecule has 0 radical (unpaired) electrons. The number of ether oxygens (including phenoxy) is 2. The molecular weight excluding hydrogens is 515 g/mol. The Labute approximate surface area is 223 Å². The fourth-order valence-electron chi connectivity index (χ4n) is 5.22. The highest BCUT2D eigenvalue weighted by atomic mass is 35.5. The monoisotopic (exact) mass is 538 g/mol. The van der Waals surface area contributed by atoms with Crippen LogP contribution in [0.5, 0.6) is 5.75 Å². The van der Waals surface area contributed by atoms with E-state index in [4.69, 9.17) is 32.7 Å². The maximum atomic E-state index is 11.6. The number of amides is 1. The van der Waals surface area contributed by atoms with Gasteiger partial charge in [-0.3, -0.25) is 10.1 Å². The molecule has 2 saturated heterocycles. The summed E-state index contributed by atoms with van der Waals surface area (Å²) in [5, 5.41) is 9.45. The van der Waals surface area contributed by atoms with Gasteiger partial charge in [-0.25, -0.2) is 9.78 Å². The van der Waals surface area contributed by atoms with Gasteiger partial charge in [0.05, 0.1) is 22.7 Å². The zero-order valence-electron chi connectivity index (χ0n) is 20.2. The highest BCUT2D eigenvalue weighted by Crippen LogP contribution is 2.42. The van der Waals surface area contributed by atoms with E-state index in [0.29, 0.717) is 21.4 Å². The third kappa shape index (κ3) is 4.22. The molecule has 1 atom stereocenters. The van der Waals surface area contributed by atoms with Crippen LogP contribution in [0.15, 0.2) is 48.9 Å². The molecule has 2 fully saturated rings. The summed E-state index contributed by atoms with van der Waals surface area (Å²) in [5.41, 5.74) is 3.43. The van der Waals surface area contributed by atoms with Crippen molar-refractivity contribution in [2.75, 3.05) is 38.2 Å². The second-order valence-corrected chi connectivity index (χ2v) is 10.5. The Hall–Kier alpha value is -3.56. The van der Waals surface area contributed by atoms with E-state index >= 15 is 0 Å². The van der Waals surface area contributed by atoms with Gasteiger partial charge in [0.2, 0.25) is 0 Å². The molecule has 9 nitrogen and oxygen atoms in total. The molecule has 1 amide bonds. The Kier molecular flexibility index (Phi) is 5.84. The van der Waals surface area contributed by atoms with E-state index in [0.717, 1.165) is 54.2 Å². The Morgan fingerprint density at radius 3 is 2.51 bits per heavy atom. The average Bonchev–Trinajstić information content (AvgIpc) is 3.25. The summed E-state index contributed by atoms with van der Waals surface area (Å²) < 4.78 is 11.0. The number of methoxy groups -OCH3 is 1. The molecular formula is C26H24Cl2N6O3. The summed E-state index contributed by atoms with van der Waals surface area (Å²) in [6.07, 6.45) is 4.32. The van der Waals surface area contributed by atoms with Gasteiger partial charge in [-0.15, -0.1) is 0 Å². The number of likely N-dealkylation sites (tertiary alicyclic amines) is 1. The number of fused-ring (bicyclic) bond motifs is 1. The number of aromatic nitrogens is 4. The van der Waals surface area contributed by atoms with Crippen LogP contribution in [0.3, 0.4) is 0 Å². The van der Waals surface area contributed by atoms with Gasteiger partial charge in [0.15, 0.2) is 0 Å². The highest BCUT2D eigenvalue weighted by Gasteiger charge is 2.53. The van der Waals surface area contributed by atoms with Crippen molar-refractivity contribution < 1.29 is 14.3 Å². The summed E-state index contributed by atoms with van der Waals surface area (Å²) in [5.74, 6) is 1.58. The van der Waals surface area contributed by atoms with Crippen LogP contribution >= 0.6 is 23.2 Å². The van der Waals surface area contributed by atoms with Crippen LogP contribution in [-0.4, -0.2) is 64.4 Å². The topological polar surface area (TPSA) is 96.5 Å². The molecule has 1 spiro atoms. The predicted molar refractivity (Wildman–Crippen MR) is 141 cm³/mol. The maximum Gasteiger partial charge on any atom is 0.409 e. The van der Waals surface area contributed by atoms with Crippen molar-refractivity contribution in [3.8, 4) is 17.0 Å². The summed E-state index contributed by atoms with van der Waals surface area (Å²) in [4.78, 5) is 24.3. The van der Waals surface area contributed by atoms with Gasteiger partial charge in [0, 0.05) is 66.7 Å². The lowest BCUT2D eigenvalue weighted by atomic mass is 9.73. The lowest BCUT2D eigenvalue weighted by molar-refractivity contribution is -0.0153. The van der Waals surface area contributed by atoms with E-state index in [1.165, 1.54) is 7.11 Å². The molecule has 0 aliphatic carbocycles. The minimum Gasteiger partial charge on any atom is -0.486 e. The number of benzene rings is 1. The molecule has 37 heavy (non-hydrogen) atoms. The SMILES string of the molecule is COC(=O)N1CC2(C1)CN(c1ccc(-c3n[nH]c4ccc(OC(C)c5c(Cl)cncc5Cl)cc34)cn1)C2. The molecule has 1 unspecified atom stereocenters. The number of nitrogens with one attached hydrogen (secondary N) is 1. The molecule has 2 aliphatic rings. The van der Waals surface area contributed by atoms with Crippen molar-refractivity contribution in [2.45, 2.75) is 13.0 Å². The molecule has 4 aromatic rings. The maximum absolute atomic E-state index is 11.6. The number of H-pyrrole nitrogens is 1. The van der Waals surface area contributed by atoms with Crippen LogP contribution in [-0.2, 0) is 4.74 Å². The summed E-state index contributed by atoms with van der Waals surface area (Å²) >= 11 is 12.6. The first-order chi connectivity index (χ1) is 17.9. The summed E-state index contributed by atoms with van der Waals surface area (Å²) in [7, 11) is 1.41. The first-order valence-electron chi connectivity index (χ1n) is 11.8. The van der Waals surface area contributed by atoms with Gasteiger partial charge in [-0.1, -0.05) is 23.2 Å². The van der Waals surface area contributed by atoms with Crippen LogP contribution in [0, 0.1) is 5.41 Å². The molecule has 5 heterocycles. The molecule has 6 rings (SSSR count). The Morgan fingerprint density at radius 2 is 1.84 bits per heavy atom. The Morgan fingerprint density at radius 1 is 1.08 bits per heavy atom. The summed E-state index contributed by atoms with van der Waals surface area (Å²) in [6.45, 7) is 5.12. The van der Waals surface area contributed by atoms with Crippen molar-refractivity contribution in [3.63, 3.8) is 0 Å². The van der Waals surface area contributed by atoms with E-state index < -0.39 is 0 Å². The van der Waals surface area contributed by atoms with Crippen molar-refractivity contribution in [3.05, 3.63) is 64.5 Å². The number of halogens is 2. The van der Waals surface area contributed by atoms with Gasteiger partial charge in [0.1, 0.15) is 23.4 Å². The number of carbonyl (C=O) groups excluding carboxylic acids is 1. The third-order valence-corrected chi connectivity index (χ3v) is 7.63. The molecule has 3 aromatic heterocycles. The average molecular weight is 539 g/mol. The Balaban J connectivity index is 1.16. The summed E-state index contributed by atoms with van der Waals surface area (Å²) in [6, 6.07) is 9.80. The normalized spacial score (nSPS) is 16.9. The minimum absolute atomic E-state index is 0.158. The zero-order valence-corrected chi connectivity index (χ0v) is 21.8. The zero-order chi connectivity index (χ0) is 25.7. The minimum atomic E-state index is -0.369. The van der Waals surface area contributed by atoms with Gasteiger partial charge < -0.3 is 19.3 Å². The van der Waals surface area contributed by atoms with Crippen LogP contribution in [0.25, 0.3) is 22.2 Å². The number of aromatic amines is 1.